The topological polar surface area (TPSA) is 0 Å². The number of hydrogen-bond acceptors (Lipinski definition) is 3. The van der Waals surface area contributed by atoms with E-state index in [1.54, 1.807) is 5.41 Å². The first-order valence-electron chi connectivity index (χ1n) is 5.46. The molecule has 0 fully saturated rings. The summed E-state index contributed by atoms with van der Waals surface area (Å²) in [5, 5.41) is 1.75. The summed E-state index contributed by atoms with van der Waals surface area (Å²) in [4.78, 5) is 2.24. The average molecular weight is 270 g/mol. The molecule has 1 rings (SSSR count). The van der Waals surface area contributed by atoms with Gasteiger partial charge in [0, 0.05) is 15.4 Å². The summed E-state index contributed by atoms with van der Waals surface area (Å²) in [7, 11) is 0. The maximum Gasteiger partial charge on any atom is 0.0185 e. The summed E-state index contributed by atoms with van der Waals surface area (Å²) in [5.74, 6) is 1.17. The zero-order chi connectivity index (χ0) is 12.0. The lowest BCUT2D eigenvalue weighted by Crippen LogP contribution is -1.87. The molecule has 0 N–H and O–H groups in total. The van der Waals surface area contributed by atoms with Crippen molar-refractivity contribution in [2.24, 2.45) is 0 Å². The highest BCUT2D eigenvalue weighted by Crippen LogP contribution is 2.31. The first-order valence-corrected chi connectivity index (χ1v) is 7.41. The molecule has 0 amide bonds. The second-order valence-corrected chi connectivity index (χ2v) is 5.59. The molecule has 0 radical (unpaired) electrons. The van der Waals surface area contributed by atoms with Crippen LogP contribution in [0.5, 0.6) is 0 Å². The summed E-state index contributed by atoms with van der Waals surface area (Å²) in [6.45, 7) is 4.32. The van der Waals surface area contributed by atoms with Gasteiger partial charge >= 0.3 is 0 Å². The molecule has 0 bridgehead atoms. The van der Waals surface area contributed by atoms with Gasteiger partial charge in [0.05, 0.1) is 0 Å². The van der Waals surface area contributed by atoms with E-state index in [9.17, 15) is 0 Å². The standard InChI is InChI=1S/C13H18S3/c1-3-4-7-16-13-6-5-10(2)8-11(13)12(15)9-14/h5-6,8-9,14-15H,3-4,7H2,1-2H3/b12-9-. The first-order chi connectivity index (χ1) is 7.69. The van der Waals surface area contributed by atoms with Crippen LogP contribution in [-0.2, 0) is 0 Å². The minimum Gasteiger partial charge on any atom is -0.150 e. The van der Waals surface area contributed by atoms with E-state index < -0.39 is 0 Å². The van der Waals surface area contributed by atoms with Gasteiger partial charge in [-0.05, 0) is 36.6 Å². The lowest BCUT2D eigenvalue weighted by Gasteiger charge is -2.09. The highest BCUT2D eigenvalue weighted by molar-refractivity contribution is 7.99. The van der Waals surface area contributed by atoms with Gasteiger partial charge in [-0.2, -0.15) is 12.6 Å². The summed E-state index contributed by atoms with van der Waals surface area (Å²) in [5.41, 5.74) is 2.45. The third-order valence-corrected chi connectivity index (χ3v) is 4.28. The third-order valence-electron chi connectivity index (χ3n) is 2.29. The SMILES string of the molecule is CCCCSc1ccc(C)cc1/C(S)=C/S. The molecule has 1 aromatic carbocycles. The molecule has 1 aromatic rings. The Kier molecular flexibility index (Phi) is 6.47. The van der Waals surface area contributed by atoms with E-state index in [0.717, 1.165) is 4.91 Å². The number of hydrogen-bond donors (Lipinski definition) is 2. The molecule has 0 atom stereocenters. The van der Waals surface area contributed by atoms with Crippen LogP contribution in [0.2, 0.25) is 0 Å². The second-order valence-electron chi connectivity index (χ2n) is 3.72. The Morgan fingerprint density at radius 2 is 2.19 bits per heavy atom. The minimum atomic E-state index is 0.936. The summed E-state index contributed by atoms with van der Waals surface area (Å²) in [6.07, 6.45) is 2.49. The maximum absolute atomic E-state index is 4.45. The lowest BCUT2D eigenvalue weighted by molar-refractivity contribution is 0.896. The van der Waals surface area contributed by atoms with Crippen LogP contribution >= 0.6 is 37.0 Å². The smallest absolute Gasteiger partial charge is 0.0185 e. The Morgan fingerprint density at radius 3 is 2.81 bits per heavy atom. The number of benzene rings is 1. The van der Waals surface area contributed by atoms with Crippen LogP contribution < -0.4 is 0 Å². The number of thiol groups is 2. The molecular weight excluding hydrogens is 252 g/mol. The van der Waals surface area contributed by atoms with E-state index >= 15 is 0 Å². The second kappa shape index (κ2) is 7.36. The van der Waals surface area contributed by atoms with E-state index in [0.29, 0.717) is 0 Å². The van der Waals surface area contributed by atoms with Crippen LogP contribution in [0.3, 0.4) is 0 Å². The number of thioether (sulfide) groups is 1. The number of rotatable bonds is 5. The molecule has 0 aliphatic rings. The monoisotopic (exact) mass is 270 g/mol. The van der Waals surface area contributed by atoms with Gasteiger partial charge in [0.2, 0.25) is 0 Å². The van der Waals surface area contributed by atoms with Gasteiger partial charge in [0.15, 0.2) is 0 Å². The third kappa shape index (κ3) is 4.11. The van der Waals surface area contributed by atoms with E-state index in [-0.39, 0.29) is 0 Å². The fraction of sp³-hybridized carbons (Fsp3) is 0.385. The largest absolute Gasteiger partial charge is 0.150 e. The Bertz CT molecular complexity index is 369. The summed E-state index contributed by atoms with van der Waals surface area (Å²) < 4.78 is 0. The normalized spacial score (nSPS) is 11.9. The molecule has 0 heterocycles. The van der Waals surface area contributed by atoms with Gasteiger partial charge in [-0.25, -0.2) is 0 Å². The van der Waals surface area contributed by atoms with Gasteiger partial charge in [-0.3, -0.25) is 0 Å². The quantitative estimate of drug-likeness (QED) is 0.429. The summed E-state index contributed by atoms with van der Waals surface area (Å²) in [6, 6.07) is 6.50. The molecule has 0 aliphatic heterocycles. The Morgan fingerprint density at radius 1 is 1.44 bits per heavy atom. The Hall–Kier alpha value is 0.01000. The lowest BCUT2D eigenvalue weighted by atomic mass is 10.1. The van der Waals surface area contributed by atoms with Crippen molar-refractivity contribution in [1.82, 2.24) is 0 Å². The van der Waals surface area contributed by atoms with Crippen molar-refractivity contribution in [2.75, 3.05) is 5.75 Å². The average Bonchev–Trinajstić information content (AvgIpc) is 2.30. The molecule has 0 nitrogen and oxygen atoms in total. The van der Waals surface area contributed by atoms with Crippen molar-refractivity contribution in [3.05, 3.63) is 34.7 Å². The molecule has 0 aliphatic carbocycles. The van der Waals surface area contributed by atoms with Crippen LogP contribution in [0, 0.1) is 6.92 Å². The van der Waals surface area contributed by atoms with Crippen molar-refractivity contribution >= 4 is 41.9 Å². The van der Waals surface area contributed by atoms with Crippen LogP contribution in [0.4, 0.5) is 0 Å². The minimum absolute atomic E-state index is 0.936. The van der Waals surface area contributed by atoms with Crippen LogP contribution in [-0.4, -0.2) is 5.75 Å². The first kappa shape index (κ1) is 14.1. The molecule has 3 heteroatoms. The predicted molar refractivity (Wildman–Crippen MR) is 82.8 cm³/mol. The Balaban J connectivity index is 2.89. The fourth-order valence-corrected chi connectivity index (χ4v) is 2.91. The van der Waals surface area contributed by atoms with Crippen molar-refractivity contribution in [1.29, 1.82) is 0 Å². The number of unbranched alkanes of at least 4 members (excludes halogenated alkanes) is 1. The molecule has 0 saturated heterocycles. The van der Waals surface area contributed by atoms with Gasteiger partial charge in [0.25, 0.3) is 0 Å². The van der Waals surface area contributed by atoms with Crippen molar-refractivity contribution in [3.63, 3.8) is 0 Å². The van der Waals surface area contributed by atoms with Gasteiger partial charge in [-0.1, -0.05) is 25.0 Å². The van der Waals surface area contributed by atoms with Crippen LogP contribution in [0.15, 0.2) is 28.5 Å². The van der Waals surface area contributed by atoms with Gasteiger partial charge in [-0.15, -0.1) is 24.4 Å². The molecule has 88 valence electrons. The van der Waals surface area contributed by atoms with Gasteiger partial charge in [0.1, 0.15) is 0 Å². The number of aryl methyl sites for hydroxylation is 1. The van der Waals surface area contributed by atoms with Crippen molar-refractivity contribution in [2.45, 2.75) is 31.6 Å². The zero-order valence-electron chi connectivity index (χ0n) is 9.73. The zero-order valence-corrected chi connectivity index (χ0v) is 12.3. The molecule has 0 saturated carbocycles. The highest BCUT2D eigenvalue weighted by atomic mass is 32.2. The highest BCUT2D eigenvalue weighted by Gasteiger charge is 2.05. The van der Waals surface area contributed by atoms with E-state index in [1.165, 1.54) is 34.6 Å². The van der Waals surface area contributed by atoms with E-state index in [4.69, 9.17) is 0 Å². The molecule has 0 spiro atoms. The predicted octanol–water partition coefficient (Wildman–Crippen LogP) is 5.05. The Labute approximate surface area is 114 Å². The fourth-order valence-electron chi connectivity index (χ4n) is 1.37. The summed E-state index contributed by atoms with van der Waals surface area (Å²) >= 11 is 10.5. The van der Waals surface area contributed by atoms with E-state index in [1.807, 2.05) is 11.8 Å². The van der Waals surface area contributed by atoms with Crippen molar-refractivity contribution < 1.29 is 0 Å². The maximum atomic E-state index is 4.45. The van der Waals surface area contributed by atoms with Gasteiger partial charge < -0.3 is 0 Å². The molecular formula is C13H18S3. The van der Waals surface area contributed by atoms with Crippen LogP contribution in [0.25, 0.3) is 4.91 Å². The molecule has 16 heavy (non-hydrogen) atoms. The molecule has 0 unspecified atom stereocenters. The van der Waals surface area contributed by atoms with Crippen molar-refractivity contribution in [3.8, 4) is 0 Å². The van der Waals surface area contributed by atoms with E-state index in [2.05, 4.69) is 57.3 Å². The van der Waals surface area contributed by atoms with Crippen LogP contribution in [0.1, 0.15) is 30.9 Å². The molecule has 0 aromatic heterocycles.